The summed E-state index contributed by atoms with van der Waals surface area (Å²) in [6, 6.07) is 8.15. The second kappa shape index (κ2) is 7.47. The van der Waals surface area contributed by atoms with Crippen LogP contribution in [0, 0.1) is 11.8 Å². The molecular formula is C17H20N2O5S. The summed E-state index contributed by atoms with van der Waals surface area (Å²) in [7, 11) is -3.79. The molecule has 1 saturated heterocycles. The molecule has 1 aliphatic rings. The third-order valence-corrected chi connectivity index (χ3v) is 5.82. The number of fused-ring (bicyclic) bond motifs is 1. The van der Waals surface area contributed by atoms with Crippen LogP contribution >= 0.6 is 0 Å². The van der Waals surface area contributed by atoms with Crippen LogP contribution in [0.1, 0.15) is 12.8 Å². The maximum absolute atomic E-state index is 12.5. The molecule has 3 rings (SSSR count). The van der Waals surface area contributed by atoms with Crippen LogP contribution in [0.25, 0.3) is 10.9 Å². The van der Waals surface area contributed by atoms with E-state index in [4.69, 9.17) is 4.74 Å². The number of nitrogens with one attached hydrogen (secondary N) is 1. The Kier molecular flexibility index (Phi) is 5.31. The summed E-state index contributed by atoms with van der Waals surface area (Å²) < 4.78 is 32.7. The number of hydrogen-bond donors (Lipinski definition) is 2. The zero-order valence-electron chi connectivity index (χ0n) is 13.6. The van der Waals surface area contributed by atoms with Gasteiger partial charge in [-0.15, -0.1) is 0 Å². The highest BCUT2D eigenvalue weighted by Gasteiger charge is 2.27. The highest BCUT2D eigenvalue weighted by Crippen LogP contribution is 2.22. The summed E-state index contributed by atoms with van der Waals surface area (Å²) in [4.78, 5) is 15.7. The zero-order valence-corrected chi connectivity index (χ0v) is 14.4. The number of carboxylic acid groups (broad SMARTS) is 1. The maximum Gasteiger partial charge on any atom is 0.307 e. The molecule has 1 aromatic carbocycles. The van der Waals surface area contributed by atoms with Crippen LogP contribution in [0.2, 0.25) is 0 Å². The maximum atomic E-state index is 12.5. The molecule has 8 heteroatoms. The number of benzene rings is 1. The molecular weight excluding hydrogens is 344 g/mol. The highest BCUT2D eigenvalue weighted by molar-refractivity contribution is 7.89. The Hall–Kier alpha value is -2.03. The quantitative estimate of drug-likeness (QED) is 0.774. The molecule has 1 aromatic heterocycles. The molecule has 0 aliphatic carbocycles. The number of sulfonamides is 1. The summed E-state index contributed by atoms with van der Waals surface area (Å²) >= 11 is 0. The average molecular weight is 364 g/mol. The smallest absolute Gasteiger partial charge is 0.307 e. The topological polar surface area (TPSA) is 106 Å². The van der Waals surface area contributed by atoms with Crippen LogP contribution in [0.4, 0.5) is 0 Å². The third kappa shape index (κ3) is 4.33. The van der Waals surface area contributed by atoms with E-state index in [1.54, 1.807) is 24.4 Å². The van der Waals surface area contributed by atoms with Gasteiger partial charge in [-0.3, -0.25) is 9.78 Å². The number of ether oxygens (including phenoxy) is 1. The monoisotopic (exact) mass is 364 g/mol. The Morgan fingerprint density at radius 1 is 1.40 bits per heavy atom. The van der Waals surface area contributed by atoms with Gasteiger partial charge in [0.25, 0.3) is 0 Å². The van der Waals surface area contributed by atoms with E-state index in [-0.39, 0.29) is 17.4 Å². The van der Waals surface area contributed by atoms with Gasteiger partial charge in [-0.2, -0.15) is 0 Å². The summed E-state index contributed by atoms with van der Waals surface area (Å²) in [5.41, 5.74) is 0.700. The fourth-order valence-corrected chi connectivity index (χ4v) is 4.07. The first-order chi connectivity index (χ1) is 12.0. The van der Waals surface area contributed by atoms with E-state index < -0.39 is 21.9 Å². The van der Waals surface area contributed by atoms with Gasteiger partial charge in [0.1, 0.15) is 0 Å². The number of hydrogen-bond acceptors (Lipinski definition) is 5. The molecule has 2 atom stereocenters. The van der Waals surface area contributed by atoms with Gasteiger partial charge in [-0.25, -0.2) is 13.1 Å². The van der Waals surface area contributed by atoms with Crippen LogP contribution in [0.3, 0.4) is 0 Å². The number of aliphatic carboxylic acids is 1. The summed E-state index contributed by atoms with van der Waals surface area (Å²) in [5.74, 6) is -1.61. The lowest BCUT2D eigenvalue weighted by Gasteiger charge is -2.16. The predicted octanol–water partition coefficient (Wildman–Crippen LogP) is 1.64. The van der Waals surface area contributed by atoms with Crippen LogP contribution in [-0.2, 0) is 19.6 Å². The predicted molar refractivity (Wildman–Crippen MR) is 91.6 cm³/mol. The van der Waals surface area contributed by atoms with Crippen molar-refractivity contribution in [2.24, 2.45) is 11.8 Å². The Morgan fingerprint density at radius 3 is 2.96 bits per heavy atom. The van der Waals surface area contributed by atoms with Gasteiger partial charge < -0.3 is 9.84 Å². The minimum absolute atomic E-state index is 0.0985. The molecule has 2 heterocycles. The van der Waals surface area contributed by atoms with Gasteiger partial charge in [0.15, 0.2) is 0 Å². The SMILES string of the molecule is O=C(O)C(CNS(=O)(=O)c1ccc2ncccc2c1)CC1CCOC1. The van der Waals surface area contributed by atoms with Gasteiger partial charge >= 0.3 is 5.97 Å². The molecule has 25 heavy (non-hydrogen) atoms. The lowest BCUT2D eigenvalue weighted by Crippen LogP contribution is -2.34. The highest BCUT2D eigenvalue weighted by atomic mass is 32.2. The largest absolute Gasteiger partial charge is 0.481 e. The first-order valence-corrected chi connectivity index (χ1v) is 9.59. The molecule has 2 unspecified atom stereocenters. The molecule has 0 amide bonds. The van der Waals surface area contributed by atoms with E-state index >= 15 is 0 Å². The molecule has 1 fully saturated rings. The van der Waals surface area contributed by atoms with Crippen molar-refractivity contribution < 1.29 is 23.1 Å². The number of carbonyl (C=O) groups is 1. The Balaban J connectivity index is 1.71. The zero-order chi connectivity index (χ0) is 17.9. The van der Waals surface area contributed by atoms with Crippen molar-refractivity contribution in [1.29, 1.82) is 0 Å². The van der Waals surface area contributed by atoms with Crippen molar-refractivity contribution in [3.63, 3.8) is 0 Å². The van der Waals surface area contributed by atoms with Gasteiger partial charge in [0.2, 0.25) is 10.0 Å². The third-order valence-electron chi connectivity index (χ3n) is 4.40. The van der Waals surface area contributed by atoms with Crippen molar-refractivity contribution in [2.45, 2.75) is 17.7 Å². The summed E-state index contributed by atoms with van der Waals surface area (Å²) in [5, 5.41) is 10.1. The Labute approximate surface area is 146 Å². The van der Waals surface area contributed by atoms with Crippen molar-refractivity contribution in [3.8, 4) is 0 Å². The molecule has 134 valence electrons. The van der Waals surface area contributed by atoms with Crippen LogP contribution < -0.4 is 4.72 Å². The number of aromatic nitrogens is 1. The van der Waals surface area contributed by atoms with Crippen molar-refractivity contribution in [2.75, 3.05) is 19.8 Å². The number of nitrogens with zero attached hydrogens (tertiary/aromatic N) is 1. The van der Waals surface area contributed by atoms with E-state index in [0.29, 0.717) is 30.5 Å². The Bertz CT molecular complexity index is 862. The van der Waals surface area contributed by atoms with Crippen LogP contribution in [-0.4, -0.2) is 44.2 Å². The van der Waals surface area contributed by atoms with E-state index in [0.717, 1.165) is 6.42 Å². The normalized spacial score (nSPS) is 19.1. The first-order valence-electron chi connectivity index (χ1n) is 8.11. The molecule has 0 saturated carbocycles. The average Bonchev–Trinajstić information content (AvgIpc) is 3.11. The van der Waals surface area contributed by atoms with Crippen molar-refractivity contribution >= 4 is 26.9 Å². The second-order valence-corrected chi connectivity index (χ2v) is 7.98. The minimum atomic E-state index is -3.79. The number of rotatable bonds is 7. The fourth-order valence-electron chi connectivity index (χ4n) is 2.96. The van der Waals surface area contributed by atoms with E-state index in [2.05, 4.69) is 9.71 Å². The minimum Gasteiger partial charge on any atom is -0.481 e. The molecule has 0 spiro atoms. The lowest BCUT2D eigenvalue weighted by molar-refractivity contribution is -0.142. The molecule has 0 bridgehead atoms. The molecule has 1 aliphatic heterocycles. The summed E-state index contributed by atoms with van der Waals surface area (Å²) in [6.45, 7) is 1.03. The number of carboxylic acids is 1. The van der Waals surface area contributed by atoms with Crippen molar-refractivity contribution in [3.05, 3.63) is 36.5 Å². The Morgan fingerprint density at radius 2 is 2.24 bits per heavy atom. The summed E-state index contributed by atoms with van der Waals surface area (Å²) in [6.07, 6.45) is 2.85. The van der Waals surface area contributed by atoms with E-state index in [9.17, 15) is 18.3 Å². The number of pyridine rings is 1. The van der Waals surface area contributed by atoms with Gasteiger partial charge in [0.05, 0.1) is 16.3 Å². The van der Waals surface area contributed by atoms with Crippen LogP contribution in [0.15, 0.2) is 41.4 Å². The van der Waals surface area contributed by atoms with Gasteiger partial charge in [0, 0.05) is 31.3 Å². The molecule has 7 nitrogen and oxygen atoms in total. The first kappa shape index (κ1) is 17.8. The standard InChI is InChI=1S/C17H20N2O5S/c20-17(21)14(8-12-5-7-24-11-12)10-19-25(22,23)15-3-4-16-13(9-15)2-1-6-18-16/h1-4,6,9,12,14,19H,5,7-8,10-11H2,(H,20,21). The van der Waals surface area contributed by atoms with Crippen molar-refractivity contribution in [1.82, 2.24) is 9.71 Å². The van der Waals surface area contributed by atoms with E-state index in [1.807, 2.05) is 0 Å². The second-order valence-electron chi connectivity index (χ2n) is 6.21. The van der Waals surface area contributed by atoms with Gasteiger partial charge in [-0.05, 0) is 43.0 Å². The van der Waals surface area contributed by atoms with E-state index in [1.165, 1.54) is 12.1 Å². The van der Waals surface area contributed by atoms with Crippen LogP contribution in [0.5, 0.6) is 0 Å². The van der Waals surface area contributed by atoms with Gasteiger partial charge in [-0.1, -0.05) is 6.07 Å². The fraction of sp³-hybridized carbons (Fsp3) is 0.412. The molecule has 0 radical (unpaired) electrons. The lowest BCUT2D eigenvalue weighted by atomic mass is 9.94. The molecule has 2 aromatic rings. The molecule has 2 N–H and O–H groups in total.